The van der Waals surface area contributed by atoms with E-state index in [2.05, 4.69) is 10.6 Å². The first-order valence-corrected chi connectivity index (χ1v) is 5.85. The minimum Gasteiger partial charge on any atom is -0.465 e. The van der Waals surface area contributed by atoms with Gasteiger partial charge >= 0.3 is 12.0 Å². The number of imide groups is 1. The molecule has 0 aromatic rings. The first-order chi connectivity index (χ1) is 7.51. The second kappa shape index (κ2) is 7.98. The van der Waals surface area contributed by atoms with Gasteiger partial charge in [-0.3, -0.25) is 14.9 Å². The molecule has 0 bridgehead atoms. The normalized spacial score (nSPS) is 11.4. The third-order valence-corrected chi connectivity index (χ3v) is 2.71. The predicted molar refractivity (Wildman–Crippen MR) is 61.2 cm³/mol. The zero-order chi connectivity index (χ0) is 12.6. The van der Waals surface area contributed by atoms with Crippen LogP contribution >= 0.6 is 11.8 Å². The Bertz CT molecular complexity index is 270. The smallest absolute Gasteiger partial charge is 0.321 e. The Morgan fingerprint density at radius 3 is 2.50 bits per heavy atom. The van der Waals surface area contributed by atoms with Crippen molar-refractivity contribution >= 4 is 29.7 Å². The van der Waals surface area contributed by atoms with Crippen LogP contribution in [0.1, 0.15) is 13.8 Å². The van der Waals surface area contributed by atoms with Gasteiger partial charge in [-0.2, -0.15) is 0 Å². The van der Waals surface area contributed by atoms with Gasteiger partial charge in [0.2, 0.25) is 5.91 Å². The summed E-state index contributed by atoms with van der Waals surface area (Å²) in [5.74, 6) is -0.711. The lowest BCUT2D eigenvalue weighted by Gasteiger charge is -2.10. The van der Waals surface area contributed by atoms with Crippen LogP contribution in [0.3, 0.4) is 0 Å². The number of urea groups is 1. The highest BCUT2D eigenvalue weighted by molar-refractivity contribution is 8.01. The minimum absolute atomic E-state index is 0.0934. The van der Waals surface area contributed by atoms with Crippen LogP contribution in [0, 0.1) is 0 Å². The molecule has 0 spiro atoms. The molecule has 1 atom stereocenters. The molecule has 0 fully saturated rings. The van der Waals surface area contributed by atoms with E-state index < -0.39 is 17.2 Å². The molecular weight excluding hydrogens is 232 g/mol. The number of carbonyl (C=O) groups is 3. The Kier molecular flexibility index (Phi) is 7.36. The molecule has 3 amide bonds. The van der Waals surface area contributed by atoms with Gasteiger partial charge in [0.15, 0.2) is 0 Å². The number of hydrogen-bond acceptors (Lipinski definition) is 5. The number of hydrogen-bond donors (Lipinski definition) is 2. The van der Waals surface area contributed by atoms with Crippen molar-refractivity contribution in [1.29, 1.82) is 0 Å². The minimum atomic E-state index is -0.561. The Labute approximate surface area is 98.5 Å². The van der Waals surface area contributed by atoms with Crippen LogP contribution in [-0.4, -0.2) is 42.6 Å². The largest absolute Gasteiger partial charge is 0.465 e. The summed E-state index contributed by atoms with van der Waals surface area (Å²) in [4.78, 5) is 33.2. The highest BCUT2D eigenvalue weighted by Crippen LogP contribution is 2.10. The molecule has 0 aromatic heterocycles. The summed E-state index contributed by atoms with van der Waals surface area (Å²) in [6, 6.07) is -0.561. The van der Waals surface area contributed by atoms with Gasteiger partial charge in [-0.15, -0.1) is 11.8 Å². The van der Waals surface area contributed by atoms with Crippen LogP contribution in [0.25, 0.3) is 0 Å². The number of esters is 1. The van der Waals surface area contributed by atoms with Crippen molar-refractivity contribution in [2.45, 2.75) is 19.1 Å². The summed E-state index contributed by atoms with van der Waals surface area (Å²) in [6.45, 7) is 3.64. The monoisotopic (exact) mass is 248 g/mol. The summed E-state index contributed by atoms with van der Waals surface area (Å²) < 4.78 is 4.70. The van der Waals surface area contributed by atoms with Gasteiger partial charge in [-0.25, -0.2) is 4.79 Å². The molecule has 0 saturated heterocycles. The molecule has 0 aliphatic heterocycles. The van der Waals surface area contributed by atoms with E-state index in [0.717, 1.165) is 11.8 Å². The van der Waals surface area contributed by atoms with Crippen molar-refractivity contribution in [3.05, 3.63) is 0 Å². The van der Waals surface area contributed by atoms with Crippen molar-refractivity contribution in [2.75, 3.05) is 19.4 Å². The third kappa shape index (κ3) is 6.28. The van der Waals surface area contributed by atoms with E-state index in [9.17, 15) is 14.4 Å². The molecule has 0 saturated carbocycles. The molecule has 0 aromatic carbocycles. The highest BCUT2D eigenvalue weighted by atomic mass is 32.2. The van der Waals surface area contributed by atoms with Crippen LogP contribution in [-0.2, 0) is 14.3 Å². The highest BCUT2D eigenvalue weighted by Gasteiger charge is 2.17. The van der Waals surface area contributed by atoms with Gasteiger partial charge < -0.3 is 10.1 Å². The van der Waals surface area contributed by atoms with E-state index in [1.807, 2.05) is 0 Å². The average molecular weight is 248 g/mol. The van der Waals surface area contributed by atoms with Gasteiger partial charge in [-0.05, 0) is 13.8 Å². The lowest BCUT2D eigenvalue weighted by atomic mass is 10.4. The topological polar surface area (TPSA) is 84.5 Å². The Morgan fingerprint density at radius 1 is 1.38 bits per heavy atom. The molecular formula is C9H16N2O4S. The maximum atomic E-state index is 11.3. The number of nitrogens with one attached hydrogen (secondary N) is 2. The second-order valence-electron chi connectivity index (χ2n) is 2.83. The summed E-state index contributed by atoms with van der Waals surface area (Å²) in [7, 11) is 1.42. The quantitative estimate of drug-likeness (QED) is 0.675. The first kappa shape index (κ1) is 14.8. The van der Waals surface area contributed by atoms with Crippen LogP contribution in [0.2, 0.25) is 0 Å². The molecule has 16 heavy (non-hydrogen) atoms. The maximum absolute atomic E-state index is 11.3. The van der Waals surface area contributed by atoms with E-state index in [1.165, 1.54) is 7.05 Å². The molecule has 0 aliphatic carbocycles. The van der Waals surface area contributed by atoms with Gasteiger partial charge in [0.05, 0.1) is 17.6 Å². The van der Waals surface area contributed by atoms with Crippen molar-refractivity contribution in [1.82, 2.24) is 10.6 Å². The molecule has 0 rings (SSSR count). The lowest BCUT2D eigenvalue weighted by Crippen LogP contribution is -2.41. The van der Waals surface area contributed by atoms with Crippen molar-refractivity contribution in [3.8, 4) is 0 Å². The zero-order valence-corrected chi connectivity index (χ0v) is 10.3. The fraction of sp³-hybridized carbons (Fsp3) is 0.667. The summed E-state index contributed by atoms with van der Waals surface area (Å²) in [6.07, 6.45) is 0. The van der Waals surface area contributed by atoms with Crippen molar-refractivity contribution in [3.63, 3.8) is 0 Å². The number of ether oxygens (including phenoxy) is 1. The Morgan fingerprint density at radius 2 is 2.00 bits per heavy atom. The maximum Gasteiger partial charge on any atom is 0.321 e. The summed E-state index contributed by atoms with van der Waals surface area (Å²) in [5.41, 5.74) is 0. The summed E-state index contributed by atoms with van der Waals surface area (Å²) in [5, 5.41) is 3.90. The van der Waals surface area contributed by atoms with E-state index in [4.69, 9.17) is 4.74 Å². The average Bonchev–Trinajstić information content (AvgIpc) is 2.25. The molecule has 6 nitrogen and oxygen atoms in total. The molecule has 0 heterocycles. The summed E-state index contributed by atoms with van der Waals surface area (Å²) >= 11 is 1.12. The molecule has 92 valence electrons. The number of carbonyl (C=O) groups excluding carboxylic acids is 3. The van der Waals surface area contributed by atoms with Gasteiger partial charge in [0.25, 0.3) is 0 Å². The van der Waals surface area contributed by atoms with E-state index in [0.29, 0.717) is 6.61 Å². The molecule has 2 N–H and O–H groups in total. The van der Waals surface area contributed by atoms with Gasteiger partial charge in [-0.1, -0.05) is 0 Å². The molecule has 0 unspecified atom stereocenters. The third-order valence-electron chi connectivity index (χ3n) is 1.59. The standard InChI is InChI=1S/C9H16N2O4S/c1-4-15-7(12)5-16-6(2)8(13)11-9(14)10-3/h6H,4-5H2,1-3H3,(H2,10,11,13,14)/t6-/m0/s1. The predicted octanol–water partition coefficient (Wildman–Crippen LogP) is 0.127. The van der Waals surface area contributed by atoms with Gasteiger partial charge in [0.1, 0.15) is 0 Å². The van der Waals surface area contributed by atoms with Crippen LogP contribution in [0.15, 0.2) is 0 Å². The second-order valence-corrected chi connectivity index (χ2v) is 4.16. The molecule has 0 aliphatic rings. The van der Waals surface area contributed by atoms with E-state index in [1.54, 1.807) is 13.8 Å². The zero-order valence-electron chi connectivity index (χ0n) is 9.53. The molecule has 0 radical (unpaired) electrons. The SMILES string of the molecule is CCOC(=O)CS[C@@H](C)C(=O)NC(=O)NC. The van der Waals surface area contributed by atoms with Crippen molar-refractivity contribution in [2.24, 2.45) is 0 Å². The van der Waals surface area contributed by atoms with Crippen LogP contribution in [0.5, 0.6) is 0 Å². The van der Waals surface area contributed by atoms with E-state index in [-0.39, 0.29) is 11.7 Å². The first-order valence-electron chi connectivity index (χ1n) is 4.81. The molecule has 7 heteroatoms. The van der Waals surface area contributed by atoms with Crippen LogP contribution in [0.4, 0.5) is 4.79 Å². The number of thioether (sulfide) groups is 1. The number of amides is 3. The lowest BCUT2D eigenvalue weighted by molar-refractivity contribution is -0.139. The van der Waals surface area contributed by atoms with E-state index >= 15 is 0 Å². The Balaban J connectivity index is 3.87. The van der Waals surface area contributed by atoms with Gasteiger partial charge in [0, 0.05) is 7.05 Å². The Hall–Kier alpha value is -1.24. The number of rotatable bonds is 5. The van der Waals surface area contributed by atoms with Crippen molar-refractivity contribution < 1.29 is 19.1 Å². The fourth-order valence-electron chi connectivity index (χ4n) is 0.747. The van der Waals surface area contributed by atoms with Crippen LogP contribution < -0.4 is 10.6 Å². The fourth-order valence-corrected chi connectivity index (χ4v) is 1.43.